The van der Waals surface area contributed by atoms with E-state index in [0.29, 0.717) is 17.3 Å². The van der Waals surface area contributed by atoms with E-state index in [2.05, 4.69) is 13.8 Å². The summed E-state index contributed by atoms with van der Waals surface area (Å²) in [6, 6.07) is 0. The van der Waals surface area contributed by atoms with Crippen molar-refractivity contribution in [1.82, 2.24) is 0 Å². The summed E-state index contributed by atoms with van der Waals surface area (Å²) in [4.78, 5) is 24.6. The van der Waals surface area contributed by atoms with Gasteiger partial charge in [0.1, 0.15) is 5.60 Å². The van der Waals surface area contributed by atoms with Crippen molar-refractivity contribution in [3.05, 3.63) is 23.8 Å². The second kappa shape index (κ2) is 6.23. The monoisotopic (exact) mass is 484 g/mol. The number of allylic oxidation sites excluding steroid dienone is 4. The molecule has 0 unspecified atom stereocenters. The van der Waals surface area contributed by atoms with Crippen LogP contribution in [0.5, 0.6) is 0 Å². The Morgan fingerprint density at radius 1 is 1.37 bits per heavy atom. The molecule has 5 heteroatoms. The van der Waals surface area contributed by atoms with Crippen LogP contribution < -0.4 is 0 Å². The van der Waals surface area contributed by atoms with Gasteiger partial charge in [-0.3, -0.25) is 9.59 Å². The molecular weight excluding hydrogens is 455 g/mol. The van der Waals surface area contributed by atoms with Gasteiger partial charge in [0.25, 0.3) is 0 Å². The first-order valence-corrected chi connectivity index (χ1v) is 11.6. The summed E-state index contributed by atoms with van der Waals surface area (Å²) in [5.74, 6) is 0.677. The number of carbonyl (C=O) groups excluding carboxylic acids is 2. The van der Waals surface area contributed by atoms with Gasteiger partial charge in [-0.2, -0.15) is 0 Å². The Morgan fingerprint density at radius 2 is 2.07 bits per heavy atom. The van der Waals surface area contributed by atoms with Crippen LogP contribution in [0.4, 0.5) is 0 Å². The fourth-order valence-corrected chi connectivity index (χ4v) is 7.95. The highest BCUT2D eigenvalue weighted by Crippen LogP contribution is 2.67. The summed E-state index contributed by atoms with van der Waals surface area (Å²) in [6.07, 6.45) is 7.48. The topological polar surface area (TPSA) is 74.6 Å². The van der Waals surface area contributed by atoms with Crippen LogP contribution in [0.15, 0.2) is 23.8 Å². The third kappa shape index (κ3) is 2.46. The second-order valence-electron chi connectivity index (χ2n) is 9.70. The van der Waals surface area contributed by atoms with E-state index in [0.717, 1.165) is 18.4 Å². The van der Waals surface area contributed by atoms with Gasteiger partial charge in [0.15, 0.2) is 11.6 Å². The number of fused-ring (bicyclic) bond motifs is 5. The van der Waals surface area contributed by atoms with Crippen LogP contribution in [0.1, 0.15) is 46.5 Å². The van der Waals surface area contributed by atoms with Crippen LogP contribution >= 0.6 is 22.6 Å². The van der Waals surface area contributed by atoms with Crippen LogP contribution in [-0.2, 0) is 9.59 Å². The van der Waals surface area contributed by atoms with Crippen LogP contribution in [-0.4, -0.2) is 37.9 Å². The minimum Gasteiger partial charge on any atom is -0.393 e. The number of carbonyl (C=O) groups is 2. The van der Waals surface area contributed by atoms with Gasteiger partial charge in [0.2, 0.25) is 0 Å². The molecule has 3 fully saturated rings. The molecule has 4 rings (SSSR count). The fraction of sp³-hybridized carbons (Fsp3) is 0.727. The Kier molecular flexibility index (Phi) is 4.56. The number of halogens is 1. The number of rotatable bonds is 2. The Labute approximate surface area is 174 Å². The smallest absolute Gasteiger partial charge is 0.178 e. The number of Topliss-reactive ketones (excluding diaryl/α,β-unsaturated/α-hetero) is 1. The minimum atomic E-state index is -1.33. The fourth-order valence-electron chi connectivity index (χ4n) is 7.32. The minimum absolute atomic E-state index is 0.0272. The van der Waals surface area contributed by atoms with E-state index in [-0.39, 0.29) is 40.7 Å². The third-order valence-electron chi connectivity index (χ3n) is 8.55. The molecule has 0 amide bonds. The summed E-state index contributed by atoms with van der Waals surface area (Å²) in [5.41, 5.74) is -1.11. The van der Waals surface area contributed by atoms with Gasteiger partial charge >= 0.3 is 0 Å². The molecule has 0 saturated heterocycles. The van der Waals surface area contributed by atoms with Crippen molar-refractivity contribution in [3.63, 3.8) is 0 Å². The maximum atomic E-state index is 12.7. The molecule has 0 aromatic carbocycles. The lowest BCUT2D eigenvalue weighted by Crippen LogP contribution is -2.62. The SMILES string of the molecule is C[C@H]1C[C@@H]2[C@H]([C@@H](O)C[C@@]3(C)[C@H]2CC[C@]3(O)C(=O)CI)[C@@]2(C)C=CC(=O)C=C12. The van der Waals surface area contributed by atoms with Crippen molar-refractivity contribution in [2.75, 3.05) is 4.43 Å². The molecule has 148 valence electrons. The number of aliphatic hydroxyl groups excluding tert-OH is 1. The molecule has 27 heavy (non-hydrogen) atoms. The highest BCUT2D eigenvalue weighted by Gasteiger charge is 2.68. The Morgan fingerprint density at radius 3 is 2.74 bits per heavy atom. The van der Waals surface area contributed by atoms with Crippen LogP contribution in [0.25, 0.3) is 0 Å². The highest BCUT2D eigenvalue weighted by atomic mass is 127. The van der Waals surface area contributed by atoms with Gasteiger partial charge < -0.3 is 10.2 Å². The average molecular weight is 484 g/mol. The molecule has 0 aromatic rings. The van der Waals surface area contributed by atoms with Gasteiger partial charge in [-0.25, -0.2) is 0 Å². The maximum absolute atomic E-state index is 12.7. The first-order valence-electron chi connectivity index (χ1n) is 10.0. The number of aliphatic hydroxyl groups is 2. The summed E-state index contributed by atoms with van der Waals surface area (Å²) < 4.78 is 0.298. The van der Waals surface area contributed by atoms with E-state index in [1.54, 1.807) is 12.2 Å². The predicted octanol–water partition coefficient (Wildman–Crippen LogP) is 3.25. The van der Waals surface area contributed by atoms with E-state index >= 15 is 0 Å². The van der Waals surface area contributed by atoms with Crippen molar-refractivity contribution in [1.29, 1.82) is 0 Å². The quantitative estimate of drug-likeness (QED) is 0.466. The molecule has 0 aromatic heterocycles. The molecule has 0 bridgehead atoms. The third-order valence-corrected chi connectivity index (χ3v) is 9.24. The first-order chi connectivity index (χ1) is 12.6. The van der Waals surface area contributed by atoms with Gasteiger partial charge in [-0.05, 0) is 55.6 Å². The molecule has 0 heterocycles. The molecule has 4 aliphatic carbocycles. The van der Waals surface area contributed by atoms with Crippen molar-refractivity contribution < 1.29 is 19.8 Å². The molecule has 4 aliphatic rings. The van der Waals surface area contributed by atoms with E-state index in [1.807, 2.05) is 35.6 Å². The molecule has 0 radical (unpaired) electrons. The summed E-state index contributed by atoms with van der Waals surface area (Å²) >= 11 is 2.04. The highest BCUT2D eigenvalue weighted by molar-refractivity contribution is 14.1. The summed E-state index contributed by atoms with van der Waals surface area (Å²) in [6.45, 7) is 6.34. The van der Waals surface area contributed by atoms with Crippen molar-refractivity contribution >= 4 is 34.2 Å². The van der Waals surface area contributed by atoms with E-state index in [9.17, 15) is 19.8 Å². The van der Waals surface area contributed by atoms with E-state index in [4.69, 9.17) is 0 Å². The van der Waals surface area contributed by atoms with Crippen LogP contribution in [0.2, 0.25) is 0 Å². The standard InChI is InChI=1S/C22H29IO4/c1-12-8-14-15-5-7-22(27,18(26)11-23)21(15,3)10-17(25)19(14)20(2)6-4-13(24)9-16(12)20/h4,6,9,12,14-15,17,19,25,27H,5,7-8,10-11H2,1-3H3/t12-,14-,15-,17-,19+,20-,21-,22-/m0/s1. The Balaban J connectivity index is 1.78. The zero-order valence-electron chi connectivity index (χ0n) is 16.2. The predicted molar refractivity (Wildman–Crippen MR) is 111 cm³/mol. The van der Waals surface area contributed by atoms with E-state index in [1.165, 1.54) is 0 Å². The number of ketones is 2. The summed E-state index contributed by atoms with van der Waals surface area (Å²) in [5, 5.41) is 22.7. The van der Waals surface area contributed by atoms with Gasteiger partial charge in [0, 0.05) is 16.7 Å². The lowest BCUT2D eigenvalue weighted by molar-refractivity contribution is -0.176. The van der Waals surface area contributed by atoms with E-state index < -0.39 is 17.1 Å². The van der Waals surface area contributed by atoms with Crippen LogP contribution in [0, 0.1) is 34.5 Å². The summed E-state index contributed by atoms with van der Waals surface area (Å²) in [7, 11) is 0. The lowest BCUT2D eigenvalue weighted by Gasteiger charge is -2.60. The van der Waals surface area contributed by atoms with Crippen molar-refractivity contribution in [2.45, 2.75) is 58.2 Å². The number of alkyl halides is 1. The molecular formula is C22H29IO4. The van der Waals surface area contributed by atoms with Gasteiger partial charge in [-0.1, -0.05) is 55.0 Å². The normalized spacial score (nSPS) is 51.3. The van der Waals surface area contributed by atoms with Gasteiger partial charge in [-0.15, -0.1) is 0 Å². The zero-order valence-corrected chi connectivity index (χ0v) is 18.4. The van der Waals surface area contributed by atoms with Crippen LogP contribution in [0.3, 0.4) is 0 Å². The molecule has 2 N–H and O–H groups in total. The average Bonchev–Trinajstić information content (AvgIpc) is 2.87. The van der Waals surface area contributed by atoms with Crippen molar-refractivity contribution in [3.8, 4) is 0 Å². The molecule has 8 atom stereocenters. The zero-order chi connectivity index (χ0) is 19.8. The second-order valence-corrected chi connectivity index (χ2v) is 10.5. The van der Waals surface area contributed by atoms with Crippen molar-refractivity contribution in [2.24, 2.45) is 34.5 Å². The molecule has 0 aliphatic heterocycles. The number of hydrogen-bond donors (Lipinski definition) is 2. The first kappa shape index (κ1) is 19.8. The molecule has 0 spiro atoms. The maximum Gasteiger partial charge on any atom is 0.178 e. The largest absolute Gasteiger partial charge is 0.393 e. The molecule has 4 nitrogen and oxygen atoms in total. The lowest BCUT2D eigenvalue weighted by atomic mass is 9.45. The molecule has 3 saturated carbocycles. The number of hydrogen-bond acceptors (Lipinski definition) is 4. The Hall–Kier alpha value is -0.530. The Bertz CT molecular complexity index is 757. The van der Waals surface area contributed by atoms with Gasteiger partial charge in [0.05, 0.1) is 10.5 Å².